The molecule has 1 atom stereocenters. The molecule has 150 valence electrons. The van der Waals surface area contributed by atoms with Crippen LogP contribution in [0.2, 0.25) is 0 Å². The highest BCUT2D eigenvalue weighted by molar-refractivity contribution is 5.76. The van der Waals surface area contributed by atoms with Gasteiger partial charge in [0, 0.05) is 38.8 Å². The first kappa shape index (κ1) is 20.9. The summed E-state index contributed by atoms with van der Waals surface area (Å²) in [4.78, 5) is 23.4. The van der Waals surface area contributed by atoms with Crippen molar-refractivity contribution in [2.75, 3.05) is 39.3 Å². The Morgan fingerprint density at radius 1 is 1.33 bits per heavy atom. The fraction of sp³-hybridized carbons (Fsp3) is 0.562. The van der Waals surface area contributed by atoms with Crippen LogP contribution in [0.4, 0.5) is 18.9 Å². The summed E-state index contributed by atoms with van der Waals surface area (Å²) in [6.07, 6.45) is -4.66. The van der Waals surface area contributed by atoms with Gasteiger partial charge in [-0.15, -0.1) is 0 Å². The third-order valence-electron chi connectivity index (χ3n) is 4.11. The van der Waals surface area contributed by atoms with Gasteiger partial charge in [0.1, 0.15) is 6.04 Å². The highest BCUT2D eigenvalue weighted by Gasteiger charge is 2.43. The van der Waals surface area contributed by atoms with Crippen LogP contribution >= 0.6 is 0 Å². The number of nitrogens with one attached hydrogen (secondary N) is 2. The number of piperazine rings is 1. The number of alkyl halides is 3. The molecule has 1 unspecified atom stereocenters. The molecule has 8 nitrogen and oxygen atoms in total. The number of carbonyl (C=O) groups excluding carboxylic acids is 1. The van der Waals surface area contributed by atoms with E-state index in [1.54, 1.807) is 6.07 Å². The average Bonchev–Trinajstić information content (AvgIpc) is 2.62. The second-order valence-corrected chi connectivity index (χ2v) is 5.97. The van der Waals surface area contributed by atoms with E-state index < -0.39 is 29.6 Å². The third-order valence-corrected chi connectivity index (χ3v) is 4.11. The summed E-state index contributed by atoms with van der Waals surface area (Å²) in [5.74, 6) is -0.609. The third kappa shape index (κ3) is 6.36. The zero-order valence-corrected chi connectivity index (χ0v) is 14.5. The molecule has 1 saturated heterocycles. The molecule has 0 radical (unpaired) electrons. The summed E-state index contributed by atoms with van der Waals surface area (Å²) >= 11 is 0. The topological polar surface area (TPSA) is 96.7 Å². The van der Waals surface area contributed by atoms with Gasteiger partial charge in [0.2, 0.25) is 5.91 Å². The second kappa shape index (κ2) is 9.51. The van der Waals surface area contributed by atoms with Gasteiger partial charge in [0.25, 0.3) is 0 Å². The maximum atomic E-state index is 13.2. The van der Waals surface area contributed by atoms with Gasteiger partial charge in [0.15, 0.2) is 5.75 Å². The molecule has 27 heavy (non-hydrogen) atoms. The molecule has 0 saturated carbocycles. The van der Waals surface area contributed by atoms with Gasteiger partial charge < -0.3 is 15.4 Å². The first-order chi connectivity index (χ1) is 12.8. The van der Waals surface area contributed by atoms with Gasteiger partial charge in [-0.25, -0.2) is 0 Å². The Labute approximate surface area is 153 Å². The Morgan fingerprint density at radius 3 is 2.63 bits per heavy atom. The summed E-state index contributed by atoms with van der Waals surface area (Å²) in [5.41, 5.74) is -0.242. The fourth-order valence-electron chi connectivity index (χ4n) is 2.73. The molecular formula is C16H21F3N4O4. The van der Waals surface area contributed by atoms with Gasteiger partial charge in [0.05, 0.1) is 18.0 Å². The lowest BCUT2D eigenvalue weighted by Gasteiger charge is -2.35. The van der Waals surface area contributed by atoms with E-state index in [9.17, 15) is 28.1 Å². The van der Waals surface area contributed by atoms with E-state index in [1.807, 2.05) is 0 Å². The molecule has 0 spiro atoms. The second-order valence-electron chi connectivity index (χ2n) is 5.97. The van der Waals surface area contributed by atoms with Crippen molar-refractivity contribution in [3.8, 4) is 5.75 Å². The van der Waals surface area contributed by atoms with Gasteiger partial charge in [-0.3, -0.25) is 19.8 Å². The van der Waals surface area contributed by atoms with E-state index in [0.29, 0.717) is 13.1 Å². The molecule has 1 heterocycles. The lowest BCUT2D eigenvalue weighted by Crippen LogP contribution is -2.57. The van der Waals surface area contributed by atoms with Crippen molar-refractivity contribution < 1.29 is 27.6 Å². The van der Waals surface area contributed by atoms with Crippen LogP contribution in [0.25, 0.3) is 0 Å². The Balaban J connectivity index is 1.81. The van der Waals surface area contributed by atoms with E-state index in [0.717, 1.165) is 0 Å². The van der Waals surface area contributed by atoms with Crippen molar-refractivity contribution in [1.82, 2.24) is 15.5 Å². The minimum absolute atomic E-state index is 0.00397. The van der Waals surface area contributed by atoms with Crippen LogP contribution in [0, 0.1) is 10.1 Å². The molecule has 0 bridgehead atoms. The Hall–Kier alpha value is -2.40. The lowest BCUT2D eigenvalue weighted by molar-refractivity contribution is -0.385. The largest absolute Gasteiger partial charge is 0.486 e. The fourth-order valence-corrected chi connectivity index (χ4v) is 2.73. The van der Waals surface area contributed by atoms with Crippen molar-refractivity contribution in [1.29, 1.82) is 0 Å². The summed E-state index contributed by atoms with van der Waals surface area (Å²) in [6.45, 7) is 0.699. The molecule has 2 N–H and O–H groups in total. The number of nitrogens with zero attached hydrogens (tertiary/aromatic N) is 2. The Morgan fingerprint density at radius 2 is 2.00 bits per heavy atom. The summed E-state index contributed by atoms with van der Waals surface area (Å²) < 4.78 is 45.0. The van der Waals surface area contributed by atoms with E-state index in [1.165, 1.54) is 23.1 Å². The van der Waals surface area contributed by atoms with Crippen LogP contribution in [0.15, 0.2) is 24.3 Å². The number of amides is 1. The maximum Gasteiger partial charge on any atom is 0.405 e. The quantitative estimate of drug-likeness (QED) is 0.513. The molecule has 1 aliphatic rings. The van der Waals surface area contributed by atoms with Crippen molar-refractivity contribution in [2.45, 2.75) is 18.6 Å². The minimum Gasteiger partial charge on any atom is -0.486 e. The highest BCUT2D eigenvalue weighted by atomic mass is 19.4. The zero-order chi connectivity index (χ0) is 19.9. The highest BCUT2D eigenvalue weighted by Crippen LogP contribution is 2.26. The first-order valence-corrected chi connectivity index (χ1v) is 8.43. The number of rotatable bonds is 8. The molecule has 1 aromatic carbocycles. The molecule has 11 heteroatoms. The number of ether oxygens (including phenoxy) is 1. The van der Waals surface area contributed by atoms with Crippen LogP contribution in [0.3, 0.4) is 0 Å². The summed E-state index contributed by atoms with van der Waals surface area (Å²) in [7, 11) is 0. The van der Waals surface area contributed by atoms with Crippen molar-refractivity contribution in [2.24, 2.45) is 0 Å². The normalized spacial score (nSPS) is 16.6. The Kier molecular flexibility index (Phi) is 7.36. The van der Waals surface area contributed by atoms with Gasteiger partial charge >= 0.3 is 11.9 Å². The number of halogens is 3. The van der Waals surface area contributed by atoms with Gasteiger partial charge in [-0.2, -0.15) is 13.2 Å². The molecule has 2 rings (SSSR count). The van der Waals surface area contributed by atoms with Gasteiger partial charge in [-0.05, 0) is 6.07 Å². The molecule has 1 aromatic rings. The predicted octanol–water partition coefficient (Wildman–Crippen LogP) is 1.32. The molecule has 1 amide bonds. The van der Waals surface area contributed by atoms with Crippen molar-refractivity contribution >= 4 is 11.6 Å². The SMILES string of the molecule is O=C(CCOc1ccccc1[N+](=O)[O-])NCC(N1CCNCC1)C(F)(F)F. The maximum absolute atomic E-state index is 13.2. The smallest absolute Gasteiger partial charge is 0.405 e. The molecule has 0 aromatic heterocycles. The Bertz CT molecular complexity index is 651. The van der Waals surface area contributed by atoms with Gasteiger partial charge in [-0.1, -0.05) is 12.1 Å². The van der Waals surface area contributed by atoms with E-state index in [4.69, 9.17) is 4.74 Å². The number of hydrogen-bond donors (Lipinski definition) is 2. The number of nitro groups is 1. The van der Waals surface area contributed by atoms with Crippen molar-refractivity contribution in [3.63, 3.8) is 0 Å². The number of carbonyl (C=O) groups is 1. The monoisotopic (exact) mass is 390 g/mol. The van der Waals surface area contributed by atoms with Crippen LogP contribution < -0.4 is 15.4 Å². The van der Waals surface area contributed by atoms with E-state index >= 15 is 0 Å². The van der Waals surface area contributed by atoms with Crippen LogP contribution in [0.1, 0.15) is 6.42 Å². The minimum atomic E-state index is -4.45. The zero-order valence-electron chi connectivity index (χ0n) is 14.5. The molecular weight excluding hydrogens is 369 g/mol. The standard InChI is InChI=1S/C16H21F3N4O4/c17-16(18,19)14(22-8-6-20-7-9-22)11-21-15(24)5-10-27-13-4-2-1-3-12(13)23(25)26/h1-4,14,20H,5-11H2,(H,21,24). The first-order valence-electron chi connectivity index (χ1n) is 8.43. The summed E-state index contributed by atoms with van der Waals surface area (Å²) in [6, 6.07) is 3.92. The average molecular weight is 390 g/mol. The summed E-state index contributed by atoms with van der Waals surface area (Å²) in [5, 5.41) is 16.1. The molecule has 0 aliphatic carbocycles. The van der Waals surface area contributed by atoms with E-state index in [-0.39, 0.29) is 37.6 Å². The molecule has 1 fully saturated rings. The number of benzene rings is 1. The number of nitro benzene ring substituents is 1. The van der Waals surface area contributed by atoms with E-state index in [2.05, 4.69) is 10.6 Å². The number of para-hydroxylation sites is 2. The van der Waals surface area contributed by atoms with Crippen LogP contribution in [-0.4, -0.2) is 67.3 Å². The lowest BCUT2D eigenvalue weighted by atomic mass is 10.2. The van der Waals surface area contributed by atoms with Crippen LogP contribution in [-0.2, 0) is 4.79 Å². The molecule has 1 aliphatic heterocycles. The predicted molar refractivity (Wildman–Crippen MR) is 90.5 cm³/mol. The van der Waals surface area contributed by atoms with Crippen LogP contribution in [0.5, 0.6) is 5.75 Å². The number of hydrogen-bond acceptors (Lipinski definition) is 6. The van der Waals surface area contributed by atoms with Crippen molar-refractivity contribution in [3.05, 3.63) is 34.4 Å².